The average Bonchev–Trinajstić information content (AvgIpc) is 3.65. The maximum Gasteiger partial charge on any atom is 0.416 e. The van der Waals surface area contributed by atoms with Gasteiger partial charge in [-0.2, -0.15) is 13.2 Å². The Morgan fingerprint density at radius 1 is 1.15 bits per heavy atom. The Balaban J connectivity index is 1.47. The molecular formula is C24H28F3N3O3. The summed E-state index contributed by atoms with van der Waals surface area (Å²) in [7, 11) is 1.61. The van der Waals surface area contributed by atoms with Crippen LogP contribution < -0.4 is 20.3 Å². The van der Waals surface area contributed by atoms with Gasteiger partial charge in [0.05, 0.1) is 43.8 Å². The number of nitrogens with one attached hydrogen (secondary N) is 2. The Morgan fingerprint density at radius 2 is 1.85 bits per heavy atom. The molecule has 2 aromatic rings. The molecule has 4 rings (SSSR count). The topological polar surface area (TPSA) is 62.8 Å². The van der Waals surface area contributed by atoms with Gasteiger partial charge in [-0.3, -0.25) is 4.79 Å². The Hall–Kier alpha value is -2.78. The molecule has 33 heavy (non-hydrogen) atoms. The first-order chi connectivity index (χ1) is 15.8. The second-order valence-electron chi connectivity index (χ2n) is 8.35. The van der Waals surface area contributed by atoms with E-state index in [0.29, 0.717) is 37.9 Å². The van der Waals surface area contributed by atoms with Crippen molar-refractivity contribution in [3.63, 3.8) is 0 Å². The second-order valence-corrected chi connectivity index (χ2v) is 8.35. The molecule has 2 fully saturated rings. The molecule has 0 radical (unpaired) electrons. The second kappa shape index (κ2) is 10.0. The number of hydrogen-bond donors (Lipinski definition) is 2. The molecule has 2 N–H and O–H groups in total. The number of nitrogens with zero attached hydrogens (tertiary/aromatic N) is 1. The fourth-order valence-corrected chi connectivity index (χ4v) is 4.09. The highest BCUT2D eigenvalue weighted by molar-refractivity contribution is 5.96. The molecule has 1 aliphatic carbocycles. The third kappa shape index (κ3) is 5.97. The third-order valence-electron chi connectivity index (χ3n) is 6.00. The van der Waals surface area contributed by atoms with E-state index in [-0.39, 0.29) is 24.2 Å². The Morgan fingerprint density at radius 3 is 2.45 bits per heavy atom. The molecule has 1 amide bonds. The number of anilines is 2. The van der Waals surface area contributed by atoms with E-state index in [1.807, 2.05) is 29.2 Å². The van der Waals surface area contributed by atoms with Crippen LogP contribution in [0.4, 0.5) is 24.5 Å². The number of rotatable bonds is 8. The van der Waals surface area contributed by atoms with Crippen LogP contribution in [-0.2, 0) is 15.7 Å². The largest absolute Gasteiger partial charge is 0.497 e. The van der Waals surface area contributed by atoms with Crippen LogP contribution in [0.15, 0.2) is 42.5 Å². The molecule has 0 aromatic heterocycles. The summed E-state index contributed by atoms with van der Waals surface area (Å²) in [6, 6.07) is 11.2. The molecule has 2 aliphatic rings. The smallest absolute Gasteiger partial charge is 0.416 e. The van der Waals surface area contributed by atoms with Crippen LogP contribution >= 0.6 is 0 Å². The molecule has 178 valence electrons. The molecule has 9 heteroatoms. The van der Waals surface area contributed by atoms with E-state index < -0.39 is 11.7 Å². The maximum atomic E-state index is 13.3. The van der Waals surface area contributed by atoms with Crippen molar-refractivity contribution >= 4 is 17.3 Å². The van der Waals surface area contributed by atoms with Crippen molar-refractivity contribution in [3.8, 4) is 5.75 Å². The van der Waals surface area contributed by atoms with Crippen molar-refractivity contribution in [1.82, 2.24) is 5.32 Å². The van der Waals surface area contributed by atoms with Gasteiger partial charge in [-0.15, -0.1) is 0 Å². The lowest BCUT2D eigenvalue weighted by molar-refractivity contribution is -0.137. The van der Waals surface area contributed by atoms with Crippen LogP contribution in [0.5, 0.6) is 5.75 Å². The molecule has 1 heterocycles. The van der Waals surface area contributed by atoms with E-state index in [1.54, 1.807) is 7.11 Å². The van der Waals surface area contributed by atoms with Crippen molar-refractivity contribution < 1.29 is 27.4 Å². The van der Waals surface area contributed by atoms with Crippen LogP contribution in [-0.4, -0.2) is 45.9 Å². The van der Waals surface area contributed by atoms with Gasteiger partial charge in [-0.1, -0.05) is 12.1 Å². The SMILES string of the molecule is COc1ccc([C@H](NCC(=O)Nc2cc(C(F)(F)F)ccc2N2CCOCC2)C2CC2)cc1. The van der Waals surface area contributed by atoms with Gasteiger partial charge < -0.3 is 25.0 Å². The molecule has 0 unspecified atom stereocenters. The van der Waals surface area contributed by atoms with Gasteiger partial charge in [0.25, 0.3) is 0 Å². The number of amides is 1. The monoisotopic (exact) mass is 463 g/mol. The Labute approximate surface area is 191 Å². The molecule has 1 saturated carbocycles. The number of hydrogen-bond acceptors (Lipinski definition) is 5. The minimum atomic E-state index is -4.49. The van der Waals surface area contributed by atoms with Gasteiger partial charge in [-0.25, -0.2) is 0 Å². The average molecular weight is 464 g/mol. The van der Waals surface area contributed by atoms with Crippen LogP contribution in [0.2, 0.25) is 0 Å². The number of carbonyl (C=O) groups excluding carboxylic acids is 1. The van der Waals surface area contributed by atoms with Crippen LogP contribution in [0.1, 0.15) is 30.0 Å². The van der Waals surface area contributed by atoms with Gasteiger partial charge in [0.1, 0.15) is 5.75 Å². The van der Waals surface area contributed by atoms with Gasteiger partial charge in [0.2, 0.25) is 5.91 Å². The minimum Gasteiger partial charge on any atom is -0.497 e. The zero-order valence-electron chi connectivity index (χ0n) is 18.5. The highest BCUT2D eigenvalue weighted by atomic mass is 19.4. The lowest BCUT2D eigenvalue weighted by Crippen LogP contribution is -2.37. The highest BCUT2D eigenvalue weighted by Crippen LogP contribution is 2.41. The number of ether oxygens (including phenoxy) is 2. The summed E-state index contributed by atoms with van der Waals surface area (Å²) in [5.41, 5.74) is 0.982. The highest BCUT2D eigenvalue weighted by Gasteiger charge is 2.33. The first-order valence-electron chi connectivity index (χ1n) is 11.1. The molecular weight excluding hydrogens is 435 g/mol. The Bertz CT molecular complexity index is 956. The normalized spacial score (nSPS) is 17.5. The lowest BCUT2D eigenvalue weighted by atomic mass is 10.0. The van der Waals surface area contributed by atoms with E-state index in [1.165, 1.54) is 6.07 Å². The standard InChI is InChI=1S/C24H28F3N3O3/c1-32-19-7-4-17(5-8-19)23(16-2-3-16)28-15-22(31)29-20-14-18(24(25,26)27)6-9-21(20)30-10-12-33-13-11-30/h4-9,14,16,23,28H,2-3,10-13,15H2,1H3,(H,29,31)/t23-/m1/s1. The molecule has 2 aromatic carbocycles. The van der Waals surface area contributed by atoms with E-state index >= 15 is 0 Å². The number of alkyl halides is 3. The van der Waals surface area contributed by atoms with Crippen LogP contribution in [0.3, 0.4) is 0 Å². The lowest BCUT2D eigenvalue weighted by Gasteiger charge is -2.31. The molecule has 1 aliphatic heterocycles. The number of carbonyl (C=O) groups is 1. The van der Waals surface area contributed by atoms with E-state index in [0.717, 1.165) is 36.3 Å². The van der Waals surface area contributed by atoms with Crippen molar-refractivity contribution in [3.05, 3.63) is 53.6 Å². The zero-order chi connectivity index (χ0) is 23.4. The van der Waals surface area contributed by atoms with Gasteiger partial charge in [-0.05, 0) is 54.7 Å². The van der Waals surface area contributed by atoms with E-state index in [9.17, 15) is 18.0 Å². The van der Waals surface area contributed by atoms with Crippen molar-refractivity contribution in [2.75, 3.05) is 50.2 Å². The van der Waals surface area contributed by atoms with Crippen molar-refractivity contribution in [1.29, 1.82) is 0 Å². The van der Waals surface area contributed by atoms with Gasteiger partial charge >= 0.3 is 6.18 Å². The maximum absolute atomic E-state index is 13.3. The summed E-state index contributed by atoms with van der Waals surface area (Å²) in [6.07, 6.45) is -2.35. The summed E-state index contributed by atoms with van der Waals surface area (Å²) >= 11 is 0. The number of morpholine rings is 1. The van der Waals surface area contributed by atoms with Crippen molar-refractivity contribution in [2.45, 2.75) is 25.1 Å². The summed E-state index contributed by atoms with van der Waals surface area (Å²) < 4.78 is 50.5. The first kappa shape index (κ1) is 23.4. The Kier molecular flexibility index (Phi) is 7.09. The third-order valence-corrected chi connectivity index (χ3v) is 6.00. The van der Waals surface area contributed by atoms with Crippen LogP contribution in [0, 0.1) is 5.92 Å². The molecule has 1 atom stereocenters. The van der Waals surface area contributed by atoms with E-state index in [2.05, 4.69) is 10.6 Å². The molecule has 0 bridgehead atoms. The predicted octanol–water partition coefficient (Wildman–Crippen LogP) is 4.23. The quantitative estimate of drug-likeness (QED) is 0.614. The molecule has 6 nitrogen and oxygen atoms in total. The molecule has 0 spiro atoms. The minimum absolute atomic E-state index is 0.00174. The number of methoxy groups -OCH3 is 1. The van der Waals surface area contributed by atoms with E-state index in [4.69, 9.17) is 9.47 Å². The fraction of sp³-hybridized carbons (Fsp3) is 0.458. The fourth-order valence-electron chi connectivity index (χ4n) is 4.09. The van der Waals surface area contributed by atoms with Crippen LogP contribution in [0.25, 0.3) is 0 Å². The molecule has 1 saturated heterocycles. The predicted molar refractivity (Wildman–Crippen MR) is 120 cm³/mol. The summed E-state index contributed by atoms with van der Waals surface area (Å²) in [5, 5.41) is 5.99. The van der Waals surface area contributed by atoms with Crippen molar-refractivity contribution in [2.24, 2.45) is 5.92 Å². The first-order valence-corrected chi connectivity index (χ1v) is 11.1. The summed E-state index contributed by atoms with van der Waals surface area (Å²) in [4.78, 5) is 14.7. The number of benzene rings is 2. The number of halogens is 3. The zero-order valence-corrected chi connectivity index (χ0v) is 18.5. The van der Waals surface area contributed by atoms with Gasteiger partial charge in [0, 0.05) is 19.1 Å². The summed E-state index contributed by atoms with van der Waals surface area (Å²) in [5.74, 6) is 0.804. The summed E-state index contributed by atoms with van der Waals surface area (Å²) in [6.45, 7) is 2.06. The van der Waals surface area contributed by atoms with Gasteiger partial charge in [0.15, 0.2) is 0 Å².